The Labute approximate surface area is 64.8 Å². The molecule has 0 amide bonds. The highest BCUT2D eigenvalue weighted by atomic mass is 35.5. The average Bonchev–Trinajstić information content (AvgIpc) is 2.04. The summed E-state index contributed by atoms with van der Waals surface area (Å²) in [7, 11) is 1.60. The van der Waals surface area contributed by atoms with Crippen LogP contribution in [0, 0.1) is 0 Å². The number of alkyl halides is 1. The maximum atomic E-state index is 5.60. The van der Waals surface area contributed by atoms with E-state index in [1.807, 2.05) is 6.07 Å². The number of methoxy groups -OCH3 is 1. The van der Waals surface area contributed by atoms with E-state index in [0.717, 1.165) is 11.3 Å². The van der Waals surface area contributed by atoms with E-state index in [2.05, 4.69) is 4.98 Å². The maximum absolute atomic E-state index is 5.60. The predicted octanol–water partition coefficient (Wildman–Crippen LogP) is 1.83. The molecule has 0 saturated heterocycles. The number of pyridine rings is 1. The number of hydrogen-bond donors (Lipinski definition) is 0. The van der Waals surface area contributed by atoms with Gasteiger partial charge in [0.1, 0.15) is 5.75 Å². The van der Waals surface area contributed by atoms with Crippen LogP contribution in [0.4, 0.5) is 0 Å². The Balaban J connectivity index is 2.96. The minimum atomic E-state index is 0.464. The van der Waals surface area contributed by atoms with E-state index in [4.69, 9.17) is 16.3 Å². The molecule has 0 atom stereocenters. The lowest BCUT2D eigenvalue weighted by Gasteiger charge is -2.02. The zero-order valence-corrected chi connectivity index (χ0v) is 6.43. The molecule has 0 unspecified atom stereocenters. The first-order chi connectivity index (χ1) is 4.88. The van der Waals surface area contributed by atoms with Crippen LogP contribution in [0.15, 0.2) is 18.5 Å². The molecule has 1 aromatic heterocycles. The zero-order valence-electron chi connectivity index (χ0n) is 5.67. The fourth-order valence-electron chi connectivity index (χ4n) is 0.703. The van der Waals surface area contributed by atoms with E-state index in [-0.39, 0.29) is 0 Å². The molecular weight excluding hydrogens is 150 g/mol. The lowest BCUT2D eigenvalue weighted by atomic mass is 10.3. The van der Waals surface area contributed by atoms with Crippen LogP contribution < -0.4 is 4.74 Å². The number of aromatic nitrogens is 1. The first-order valence-corrected chi connectivity index (χ1v) is 3.44. The molecule has 0 saturated carbocycles. The second-order valence-corrected chi connectivity index (χ2v) is 2.09. The zero-order chi connectivity index (χ0) is 7.40. The van der Waals surface area contributed by atoms with Gasteiger partial charge >= 0.3 is 0 Å². The summed E-state index contributed by atoms with van der Waals surface area (Å²) in [5.41, 5.74) is 0.971. The summed E-state index contributed by atoms with van der Waals surface area (Å²) in [6.45, 7) is 0. The summed E-state index contributed by atoms with van der Waals surface area (Å²) in [5.74, 6) is 1.21. The van der Waals surface area contributed by atoms with Gasteiger partial charge in [0.25, 0.3) is 0 Å². The van der Waals surface area contributed by atoms with Gasteiger partial charge < -0.3 is 4.74 Å². The highest BCUT2D eigenvalue weighted by molar-refractivity contribution is 6.17. The fraction of sp³-hybridized carbons (Fsp3) is 0.286. The van der Waals surface area contributed by atoms with Crippen LogP contribution in [-0.4, -0.2) is 12.1 Å². The van der Waals surface area contributed by atoms with Gasteiger partial charge in [-0.2, -0.15) is 0 Å². The van der Waals surface area contributed by atoms with Crippen LogP contribution in [0.25, 0.3) is 0 Å². The molecule has 1 aromatic rings. The summed E-state index contributed by atoms with van der Waals surface area (Å²) >= 11 is 5.60. The molecule has 2 nitrogen and oxygen atoms in total. The van der Waals surface area contributed by atoms with E-state index in [0.29, 0.717) is 5.88 Å². The lowest BCUT2D eigenvalue weighted by molar-refractivity contribution is 0.409. The fourth-order valence-corrected chi connectivity index (χ4v) is 0.924. The second kappa shape index (κ2) is 3.42. The van der Waals surface area contributed by atoms with Crippen LogP contribution in [0.3, 0.4) is 0 Å². The molecule has 1 rings (SSSR count). The molecule has 0 spiro atoms. The summed E-state index contributed by atoms with van der Waals surface area (Å²) in [5, 5.41) is 0. The number of rotatable bonds is 2. The van der Waals surface area contributed by atoms with Gasteiger partial charge in [-0.25, -0.2) is 0 Å². The third-order valence-corrected chi connectivity index (χ3v) is 1.52. The Morgan fingerprint density at radius 2 is 2.50 bits per heavy atom. The Bertz CT molecular complexity index is 192. The van der Waals surface area contributed by atoms with Crippen molar-refractivity contribution >= 4 is 11.6 Å². The van der Waals surface area contributed by atoms with Gasteiger partial charge in [-0.05, 0) is 6.07 Å². The highest BCUT2D eigenvalue weighted by Gasteiger charge is 1.97. The van der Waals surface area contributed by atoms with Crippen LogP contribution >= 0.6 is 11.6 Å². The van der Waals surface area contributed by atoms with Crippen molar-refractivity contribution < 1.29 is 4.74 Å². The minimum Gasteiger partial charge on any atom is -0.495 e. The molecule has 0 fully saturated rings. The molecule has 3 heteroatoms. The Hall–Kier alpha value is -0.760. The van der Waals surface area contributed by atoms with Crippen molar-refractivity contribution in [1.82, 2.24) is 4.98 Å². The molecule has 0 aromatic carbocycles. The van der Waals surface area contributed by atoms with E-state index in [1.165, 1.54) is 0 Å². The predicted molar refractivity (Wildman–Crippen MR) is 40.3 cm³/mol. The Kier molecular flexibility index (Phi) is 2.51. The van der Waals surface area contributed by atoms with Crippen LogP contribution in [0.1, 0.15) is 5.56 Å². The first-order valence-electron chi connectivity index (χ1n) is 2.91. The number of nitrogens with zero attached hydrogens (tertiary/aromatic N) is 1. The Morgan fingerprint density at radius 1 is 1.70 bits per heavy atom. The smallest absolute Gasteiger partial charge is 0.141 e. The van der Waals surface area contributed by atoms with Crippen LogP contribution in [-0.2, 0) is 5.88 Å². The van der Waals surface area contributed by atoms with E-state index in [9.17, 15) is 0 Å². The van der Waals surface area contributed by atoms with Crippen molar-refractivity contribution in [3.8, 4) is 5.75 Å². The topological polar surface area (TPSA) is 22.1 Å². The van der Waals surface area contributed by atoms with Crippen molar-refractivity contribution in [3.63, 3.8) is 0 Å². The molecule has 0 aliphatic carbocycles. The third kappa shape index (κ3) is 1.39. The number of halogens is 1. The van der Waals surface area contributed by atoms with Crippen molar-refractivity contribution in [2.75, 3.05) is 7.11 Å². The maximum Gasteiger partial charge on any atom is 0.141 e. The van der Waals surface area contributed by atoms with Gasteiger partial charge in [-0.15, -0.1) is 11.6 Å². The Morgan fingerprint density at radius 3 is 3.00 bits per heavy atom. The van der Waals surface area contributed by atoms with Crippen molar-refractivity contribution in [2.24, 2.45) is 0 Å². The molecule has 10 heavy (non-hydrogen) atoms. The van der Waals surface area contributed by atoms with Crippen molar-refractivity contribution in [1.29, 1.82) is 0 Å². The summed E-state index contributed by atoms with van der Waals surface area (Å²) in [4.78, 5) is 3.88. The molecule has 54 valence electrons. The molecule has 0 radical (unpaired) electrons. The minimum absolute atomic E-state index is 0.464. The van der Waals surface area contributed by atoms with Gasteiger partial charge in [0.2, 0.25) is 0 Å². The van der Waals surface area contributed by atoms with E-state index < -0.39 is 0 Å². The normalized spacial score (nSPS) is 9.40. The van der Waals surface area contributed by atoms with Crippen LogP contribution in [0.5, 0.6) is 5.75 Å². The average molecular weight is 158 g/mol. The van der Waals surface area contributed by atoms with Gasteiger partial charge in [-0.3, -0.25) is 4.98 Å². The third-order valence-electron chi connectivity index (χ3n) is 1.23. The number of ether oxygens (including phenoxy) is 1. The molecule has 0 N–H and O–H groups in total. The van der Waals surface area contributed by atoms with Crippen molar-refractivity contribution in [2.45, 2.75) is 5.88 Å². The monoisotopic (exact) mass is 157 g/mol. The standard InChI is InChI=1S/C7H8ClNO/c1-10-7-5-9-3-2-6(7)4-8/h2-3,5H,4H2,1H3. The molecule has 0 aliphatic rings. The van der Waals surface area contributed by atoms with E-state index in [1.54, 1.807) is 19.5 Å². The molecule has 0 bridgehead atoms. The van der Waals surface area contributed by atoms with Gasteiger partial charge in [0.05, 0.1) is 19.2 Å². The largest absolute Gasteiger partial charge is 0.495 e. The van der Waals surface area contributed by atoms with Gasteiger partial charge in [0, 0.05) is 11.8 Å². The highest BCUT2D eigenvalue weighted by Crippen LogP contribution is 2.16. The summed E-state index contributed by atoms with van der Waals surface area (Å²) in [6.07, 6.45) is 3.35. The van der Waals surface area contributed by atoms with Gasteiger partial charge in [0.15, 0.2) is 0 Å². The van der Waals surface area contributed by atoms with Gasteiger partial charge in [-0.1, -0.05) is 0 Å². The van der Waals surface area contributed by atoms with Crippen molar-refractivity contribution in [3.05, 3.63) is 24.0 Å². The molecular formula is C7H8ClNO. The van der Waals surface area contributed by atoms with E-state index >= 15 is 0 Å². The number of hydrogen-bond acceptors (Lipinski definition) is 2. The first kappa shape index (κ1) is 7.35. The SMILES string of the molecule is COc1cnccc1CCl. The molecule has 1 heterocycles. The molecule has 0 aliphatic heterocycles. The summed E-state index contributed by atoms with van der Waals surface area (Å²) < 4.78 is 4.99. The quantitative estimate of drug-likeness (QED) is 0.611. The lowest BCUT2D eigenvalue weighted by Crippen LogP contribution is -1.89. The van der Waals surface area contributed by atoms with Crippen LogP contribution in [0.2, 0.25) is 0 Å². The summed E-state index contributed by atoms with van der Waals surface area (Å²) in [6, 6.07) is 1.84. The second-order valence-electron chi connectivity index (χ2n) is 1.82.